The molecule has 3 rings (SSSR count). The van der Waals surface area contributed by atoms with Crippen molar-refractivity contribution < 1.29 is 8.78 Å². The van der Waals surface area contributed by atoms with Crippen LogP contribution in [0, 0.1) is 11.6 Å². The molecule has 0 aliphatic heterocycles. The van der Waals surface area contributed by atoms with E-state index in [9.17, 15) is 8.78 Å². The minimum Gasteiger partial charge on any atom is -0.336 e. The maximum Gasteiger partial charge on any atom is 0.207 e. The summed E-state index contributed by atoms with van der Waals surface area (Å²) in [6, 6.07) is 3.25. The van der Waals surface area contributed by atoms with Crippen LogP contribution in [-0.2, 0) is 0 Å². The highest BCUT2D eigenvalue weighted by Gasteiger charge is 2.19. The second-order valence-electron chi connectivity index (χ2n) is 3.88. The number of rotatable bonds is 5. The Bertz CT molecular complexity index is 667. The first-order valence-corrected chi connectivity index (χ1v) is 7.48. The monoisotopic (exact) mass is 326 g/mol. The molecular weight excluding hydrogens is 318 g/mol. The van der Waals surface area contributed by atoms with Gasteiger partial charge in [-0.05, 0) is 18.2 Å². The molecule has 2 heterocycles. The zero-order chi connectivity index (χ0) is 14.7. The third-order valence-electron chi connectivity index (χ3n) is 2.52. The fourth-order valence-electron chi connectivity index (χ4n) is 1.65. The zero-order valence-electron chi connectivity index (χ0n) is 10.3. The van der Waals surface area contributed by atoms with Crippen LogP contribution in [0.1, 0.15) is 11.7 Å². The number of hydrogen-bond acceptors (Lipinski definition) is 8. The maximum atomic E-state index is 14.0. The van der Waals surface area contributed by atoms with Gasteiger partial charge in [0.25, 0.3) is 0 Å². The molecule has 2 N–H and O–H groups in total. The molecule has 0 aliphatic rings. The number of anilines is 2. The van der Waals surface area contributed by atoms with E-state index in [1.165, 1.54) is 33.7 Å². The largest absolute Gasteiger partial charge is 0.336 e. The highest BCUT2D eigenvalue weighted by atomic mass is 32.1. The van der Waals surface area contributed by atoms with Crippen molar-refractivity contribution in [3.05, 3.63) is 46.4 Å². The first-order chi connectivity index (χ1) is 10.2. The summed E-state index contributed by atoms with van der Waals surface area (Å²) in [6.45, 7) is 0. The minimum absolute atomic E-state index is 0.111. The summed E-state index contributed by atoms with van der Waals surface area (Å²) in [5.74, 6) is -1.08. The number of aromatic nitrogens is 4. The second kappa shape index (κ2) is 6.06. The number of hydrogen-bond donors (Lipinski definition) is 2. The SMILES string of the molecule is Fc1ccc(F)c(C(Nc2nncs2)Nc2nncs2)c1. The number of benzene rings is 1. The van der Waals surface area contributed by atoms with Crippen molar-refractivity contribution >= 4 is 32.9 Å². The quantitative estimate of drug-likeness (QED) is 0.702. The predicted molar refractivity (Wildman–Crippen MR) is 76.2 cm³/mol. The molecule has 10 heteroatoms. The molecule has 0 radical (unpaired) electrons. The van der Waals surface area contributed by atoms with E-state index in [1.54, 1.807) is 0 Å². The molecule has 0 saturated heterocycles. The fourth-order valence-corrected chi connectivity index (χ4v) is 2.59. The van der Waals surface area contributed by atoms with Crippen molar-refractivity contribution in [2.24, 2.45) is 0 Å². The Morgan fingerprint density at radius 1 is 0.952 bits per heavy atom. The molecule has 2 aromatic heterocycles. The van der Waals surface area contributed by atoms with Crippen LogP contribution in [-0.4, -0.2) is 20.4 Å². The normalized spacial score (nSPS) is 10.8. The van der Waals surface area contributed by atoms with Crippen LogP contribution in [0.2, 0.25) is 0 Å². The highest BCUT2D eigenvalue weighted by Crippen LogP contribution is 2.26. The summed E-state index contributed by atoms with van der Waals surface area (Å²) >= 11 is 2.49. The molecule has 0 aliphatic carbocycles. The number of nitrogens with one attached hydrogen (secondary N) is 2. The maximum absolute atomic E-state index is 14.0. The molecule has 6 nitrogen and oxygen atoms in total. The van der Waals surface area contributed by atoms with Crippen molar-refractivity contribution in [1.82, 2.24) is 20.4 Å². The number of nitrogens with zero attached hydrogens (tertiary/aromatic N) is 4. The third kappa shape index (κ3) is 3.28. The summed E-state index contributed by atoms with van der Waals surface area (Å²) in [7, 11) is 0. The summed E-state index contributed by atoms with van der Waals surface area (Å²) in [4.78, 5) is 0. The lowest BCUT2D eigenvalue weighted by Crippen LogP contribution is -2.21. The van der Waals surface area contributed by atoms with E-state index in [-0.39, 0.29) is 5.56 Å². The standard InChI is InChI=1S/C11H8F2N6S2/c12-6-1-2-8(13)7(3-6)9(16-10-18-14-4-20-10)17-11-19-15-5-21-11/h1-5,9H,(H,16,18)(H,17,19). The van der Waals surface area contributed by atoms with Gasteiger partial charge in [0.05, 0.1) is 0 Å². The first-order valence-electron chi connectivity index (χ1n) is 5.73. The molecule has 21 heavy (non-hydrogen) atoms. The van der Waals surface area contributed by atoms with Crippen LogP contribution in [0.4, 0.5) is 19.0 Å². The van der Waals surface area contributed by atoms with Crippen molar-refractivity contribution in [2.75, 3.05) is 10.6 Å². The fraction of sp³-hybridized carbons (Fsp3) is 0.0909. The molecule has 0 amide bonds. The average Bonchev–Trinajstić information content (AvgIpc) is 3.14. The van der Waals surface area contributed by atoms with Crippen LogP contribution in [0.15, 0.2) is 29.2 Å². The van der Waals surface area contributed by atoms with Crippen molar-refractivity contribution in [3.63, 3.8) is 0 Å². The van der Waals surface area contributed by atoms with Gasteiger partial charge in [-0.2, -0.15) is 0 Å². The van der Waals surface area contributed by atoms with Gasteiger partial charge < -0.3 is 10.6 Å². The van der Waals surface area contributed by atoms with E-state index < -0.39 is 17.8 Å². The Kier molecular flexibility index (Phi) is 3.97. The van der Waals surface area contributed by atoms with Gasteiger partial charge in [0.15, 0.2) is 0 Å². The van der Waals surface area contributed by atoms with Gasteiger partial charge in [-0.25, -0.2) is 8.78 Å². The second-order valence-corrected chi connectivity index (χ2v) is 5.54. The van der Waals surface area contributed by atoms with Crippen LogP contribution < -0.4 is 10.6 Å². The van der Waals surface area contributed by atoms with E-state index in [0.29, 0.717) is 10.3 Å². The van der Waals surface area contributed by atoms with E-state index >= 15 is 0 Å². The molecule has 0 saturated carbocycles. The molecule has 3 aromatic rings. The van der Waals surface area contributed by atoms with Gasteiger partial charge in [-0.15, -0.1) is 20.4 Å². The topological polar surface area (TPSA) is 75.6 Å². The summed E-state index contributed by atoms with van der Waals surface area (Å²) in [5.41, 5.74) is 3.18. The lowest BCUT2D eigenvalue weighted by Gasteiger charge is -2.19. The average molecular weight is 326 g/mol. The van der Waals surface area contributed by atoms with E-state index in [2.05, 4.69) is 31.0 Å². The smallest absolute Gasteiger partial charge is 0.207 e. The molecule has 108 valence electrons. The molecule has 0 spiro atoms. The van der Waals surface area contributed by atoms with Gasteiger partial charge >= 0.3 is 0 Å². The summed E-state index contributed by atoms with van der Waals surface area (Å²) in [6.07, 6.45) is -0.749. The first kappa shape index (κ1) is 13.8. The highest BCUT2D eigenvalue weighted by molar-refractivity contribution is 7.13. The van der Waals surface area contributed by atoms with Crippen LogP contribution in [0.5, 0.6) is 0 Å². The lowest BCUT2D eigenvalue weighted by atomic mass is 10.1. The number of halogens is 2. The third-order valence-corrected chi connectivity index (χ3v) is 3.77. The van der Waals surface area contributed by atoms with Crippen LogP contribution in [0.25, 0.3) is 0 Å². The summed E-state index contributed by atoms with van der Waals surface area (Å²) in [5, 5.41) is 21.9. The van der Waals surface area contributed by atoms with E-state index in [4.69, 9.17) is 0 Å². The molecule has 0 atom stereocenters. The molecule has 0 bridgehead atoms. The Morgan fingerprint density at radius 3 is 2.10 bits per heavy atom. The van der Waals surface area contributed by atoms with Crippen molar-refractivity contribution in [3.8, 4) is 0 Å². The van der Waals surface area contributed by atoms with Gasteiger partial charge in [0.1, 0.15) is 28.8 Å². The molecule has 0 fully saturated rings. The Morgan fingerprint density at radius 2 is 1.57 bits per heavy atom. The summed E-state index contributed by atoms with van der Waals surface area (Å²) < 4.78 is 27.4. The minimum atomic E-state index is -0.749. The predicted octanol–water partition coefficient (Wildman–Crippen LogP) is 2.89. The van der Waals surface area contributed by atoms with Gasteiger partial charge in [-0.1, -0.05) is 22.7 Å². The van der Waals surface area contributed by atoms with E-state index in [1.807, 2.05) is 0 Å². The molecule has 1 aromatic carbocycles. The van der Waals surface area contributed by atoms with Gasteiger partial charge in [0, 0.05) is 5.56 Å². The Labute approximate surface area is 125 Å². The zero-order valence-corrected chi connectivity index (χ0v) is 12.0. The molecular formula is C11H8F2N6S2. The van der Waals surface area contributed by atoms with Crippen molar-refractivity contribution in [2.45, 2.75) is 6.17 Å². The van der Waals surface area contributed by atoms with Crippen LogP contribution >= 0.6 is 22.7 Å². The van der Waals surface area contributed by atoms with Gasteiger partial charge in [-0.3, -0.25) is 0 Å². The lowest BCUT2D eigenvalue weighted by molar-refractivity contribution is 0.578. The van der Waals surface area contributed by atoms with E-state index in [0.717, 1.165) is 18.2 Å². The Hall–Kier alpha value is -2.20. The van der Waals surface area contributed by atoms with Gasteiger partial charge in [0.2, 0.25) is 10.3 Å². The Balaban J connectivity index is 1.92. The molecule has 0 unspecified atom stereocenters. The van der Waals surface area contributed by atoms with Crippen molar-refractivity contribution in [1.29, 1.82) is 0 Å². The van der Waals surface area contributed by atoms with Crippen LogP contribution in [0.3, 0.4) is 0 Å².